The highest BCUT2D eigenvalue weighted by Gasteiger charge is 2.09. The summed E-state index contributed by atoms with van der Waals surface area (Å²) in [6.07, 6.45) is 0.526. The number of amides is 1. The van der Waals surface area contributed by atoms with E-state index in [9.17, 15) is 4.79 Å². The second-order valence-electron chi connectivity index (χ2n) is 4.45. The molecule has 0 saturated carbocycles. The molecule has 20 heavy (non-hydrogen) atoms. The van der Waals surface area contributed by atoms with Gasteiger partial charge in [0.15, 0.2) is 0 Å². The molecule has 0 bridgehead atoms. The van der Waals surface area contributed by atoms with E-state index in [0.717, 1.165) is 28.9 Å². The van der Waals surface area contributed by atoms with Crippen LogP contribution in [0, 0.1) is 0 Å². The van der Waals surface area contributed by atoms with Crippen molar-refractivity contribution in [3.05, 3.63) is 28.2 Å². The number of benzene rings is 1. The van der Waals surface area contributed by atoms with Crippen molar-refractivity contribution in [3.63, 3.8) is 0 Å². The molecule has 0 heterocycles. The molecule has 1 rings (SSSR count). The molecule has 0 atom stereocenters. The summed E-state index contributed by atoms with van der Waals surface area (Å²) >= 11 is 3.45. The first-order valence-corrected chi connectivity index (χ1v) is 7.72. The van der Waals surface area contributed by atoms with Crippen molar-refractivity contribution in [1.82, 2.24) is 10.2 Å². The highest BCUT2D eigenvalue weighted by Crippen LogP contribution is 2.22. The monoisotopic (exact) mass is 342 g/mol. The van der Waals surface area contributed by atoms with Crippen LogP contribution in [-0.2, 0) is 11.3 Å². The van der Waals surface area contributed by atoms with Gasteiger partial charge in [-0.2, -0.15) is 0 Å². The van der Waals surface area contributed by atoms with Crippen molar-refractivity contribution in [2.75, 3.05) is 26.7 Å². The van der Waals surface area contributed by atoms with Gasteiger partial charge in [0, 0.05) is 42.6 Å². The average Bonchev–Trinajstić information content (AvgIpc) is 2.45. The Balaban J connectivity index is 2.41. The Morgan fingerprint density at radius 1 is 1.35 bits per heavy atom. The lowest BCUT2D eigenvalue weighted by atomic mass is 10.2. The Kier molecular flexibility index (Phi) is 7.62. The number of nitrogens with one attached hydrogen (secondary N) is 1. The first-order valence-electron chi connectivity index (χ1n) is 6.93. The van der Waals surface area contributed by atoms with Crippen molar-refractivity contribution in [2.45, 2.75) is 26.8 Å². The van der Waals surface area contributed by atoms with Gasteiger partial charge in [-0.25, -0.2) is 0 Å². The molecule has 1 aromatic rings. The quantitative estimate of drug-likeness (QED) is 0.738. The average molecular weight is 343 g/mol. The van der Waals surface area contributed by atoms with Gasteiger partial charge < -0.3 is 15.0 Å². The van der Waals surface area contributed by atoms with E-state index in [1.165, 1.54) is 0 Å². The smallest absolute Gasteiger partial charge is 0.223 e. The maximum Gasteiger partial charge on any atom is 0.223 e. The van der Waals surface area contributed by atoms with Crippen LogP contribution < -0.4 is 10.1 Å². The highest BCUT2D eigenvalue weighted by molar-refractivity contribution is 9.10. The molecule has 0 fully saturated rings. The predicted molar refractivity (Wildman–Crippen MR) is 84.9 cm³/mol. The SMILES string of the molecule is CCN(CC)C(=O)CCNCc1cc(Br)ccc1OC. The molecule has 0 aromatic heterocycles. The molecule has 1 amide bonds. The molecule has 0 spiro atoms. The standard InChI is InChI=1S/C15H23BrN2O2/c1-4-18(5-2)15(19)8-9-17-11-12-10-13(16)6-7-14(12)20-3/h6-7,10,17H,4-5,8-9,11H2,1-3H3. The zero-order valence-corrected chi connectivity index (χ0v) is 14.0. The largest absolute Gasteiger partial charge is 0.496 e. The van der Waals surface area contributed by atoms with Crippen molar-refractivity contribution in [3.8, 4) is 5.75 Å². The van der Waals surface area contributed by atoms with E-state index < -0.39 is 0 Å². The van der Waals surface area contributed by atoms with Gasteiger partial charge in [-0.05, 0) is 32.0 Å². The maximum atomic E-state index is 11.8. The van der Waals surface area contributed by atoms with Crippen LogP contribution in [0.25, 0.3) is 0 Å². The maximum absolute atomic E-state index is 11.8. The van der Waals surface area contributed by atoms with Gasteiger partial charge in [-0.3, -0.25) is 4.79 Å². The highest BCUT2D eigenvalue weighted by atomic mass is 79.9. The number of halogens is 1. The van der Waals surface area contributed by atoms with E-state index in [4.69, 9.17) is 4.74 Å². The Morgan fingerprint density at radius 3 is 2.65 bits per heavy atom. The minimum absolute atomic E-state index is 0.198. The summed E-state index contributed by atoms with van der Waals surface area (Å²) in [5.74, 6) is 1.06. The minimum Gasteiger partial charge on any atom is -0.496 e. The van der Waals surface area contributed by atoms with Gasteiger partial charge in [-0.1, -0.05) is 15.9 Å². The topological polar surface area (TPSA) is 41.6 Å². The molecule has 4 nitrogen and oxygen atoms in total. The summed E-state index contributed by atoms with van der Waals surface area (Å²) in [6, 6.07) is 5.91. The number of methoxy groups -OCH3 is 1. The molecular weight excluding hydrogens is 320 g/mol. The summed E-state index contributed by atoms with van der Waals surface area (Å²) in [4.78, 5) is 13.7. The van der Waals surface area contributed by atoms with E-state index in [1.54, 1.807) is 7.11 Å². The van der Waals surface area contributed by atoms with E-state index in [1.807, 2.05) is 36.9 Å². The molecule has 0 aliphatic heterocycles. The summed E-state index contributed by atoms with van der Waals surface area (Å²) in [5, 5.41) is 3.29. The molecular formula is C15H23BrN2O2. The van der Waals surface area contributed by atoms with Gasteiger partial charge in [0.1, 0.15) is 5.75 Å². The predicted octanol–water partition coefficient (Wildman–Crippen LogP) is 2.81. The first-order chi connectivity index (χ1) is 9.62. The molecule has 112 valence electrons. The third-order valence-corrected chi connectivity index (χ3v) is 3.68. The zero-order chi connectivity index (χ0) is 15.0. The lowest BCUT2D eigenvalue weighted by Crippen LogP contribution is -2.32. The molecule has 1 N–H and O–H groups in total. The van der Waals surface area contributed by atoms with E-state index in [-0.39, 0.29) is 5.91 Å². The van der Waals surface area contributed by atoms with Crippen LogP contribution in [0.4, 0.5) is 0 Å². The fraction of sp³-hybridized carbons (Fsp3) is 0.533. The summed E-state index contributed by atoms with van der Waals surface area (Å²) in [7, 11) is 1.66. The Bertz CT molecular complexity index is 434. The Morgan fingerprint density at radius 2 is 2.05 bits per heavy atom. The van der Waals surface area contributed by atoms with E-state index in [2.05, 4.69) is 21.2 Å². The van der Waals surface area contributed by atoms with Crippen molar-refractivity contribution < 1.29 is 9.53 Å². The summed E-state index contributed by atoms with van der Waals surface area (Å²) in [5.41, 5.74) is 1.08. The normalized spacial score (nSPS) is 10.4. The van der Waals surface area contributed by atoms with Crippen LogP contribution in [0.3, 0.4) is 0 Å². The van der Waals surface area contributed by atoms with Crippen molar-refractivity contribution in [1.29, 1.82) is 0 Å². The molecule has 0 saturated heterocycles. The van der Waals surface area contributed by atoms with Crippen LogP contribution in [0.15, 0.2) is 22.7 Å². The summed E-state index contributed by atoms with van der Waals surface area (Å²) in [6.45, 7) is 6.91. The Hall–Kier alpha value is -1.07. The number of carbonyl (C=O) groups excluding carboxylic acids is 1. The lowest BCUT2D eigenvalue weighted by Gasteiger charge is -2.18. The summed E-state index contributed by atoms with van der Waals surface area (Å²) < 4.78 is 6.34. The number of rotatable bonds is 8. The third kappa shape index (κ3) is 5.13. The second kappa shape index (κ2) is 8.97. The van der Waals surface area contributed by atoms with Gasteiger partial charge >= 0.3 is 0 Å². The number of hydrogen-bond donors (Lipinski definition) is 1. The van der Waals surface area contributed by atoms with Crippen molar-refractivity contribution >= 4 is 21.8 Å². The first kappa shape index (κ1) is 17.0. The van der Waals surface area contributed by atoms with Crippen molar-refractivity contribution in [2.24, 2.45) is 0 Å². The number of nitrogens with zero attached hydrogens (tertiary/aromatic N) is 1. The van der Waals surface area contributed by atoms with E-state index >= 15 is 0 Å². The fourth-order valence-corrected chi connectivity index (χ4v) is 2.45. The van der Waals surface area contributed by atoms with Gasteiger partial charge in [-0.15, -0.1) is 0 Å². The zero-order valence-electron chi connectivity index (χ0n) is 12.4. The van der Waals surface area contributed by atoms with Crippen LogP contribution >= 0.6 is 15.9 Å². The molecule has 5 heteroatoms. The van der Waals surface area contributed by atoms with Crippen LogP contribution in [0.2, 0.25) is 0 Å². The number of carbonyl (C=O) groups is 1. The number of hydrogen-bond acceptors (Lipinski definition) is 3. The number of ether oxygens (including phenoxy) is 1. The molecule has 0 aliphatic rings. The van der Waals surface area contributed by atoms with Crippen LogP contribution in [0.5, 0.6) is 5.75 Å². The van der Waals surface area contributed by atoms with Gasteiger partial charge in [0.2, 0.25) is 5.91 Å². The van der Waals surface area contributed by atoms with Crippen LogP contribution in [0.1, 0.15) is 25.8 Å². The fourth-order valence-electron chi connectivity index (χ4n) is 2.04. The molecule has 0 unspecified atom stereocenters. The second-order valence-corrected chi connectivity index (χ2v) is 5.36. The van der Waals surface area contributed by atoms with Gasteiger partial charge in [0.25, 0.3) is 0 Å². The third-order valence-electron chi connectivity index (χ3n) is 3.19. The lowest BCUT2D eigenvalue weighted by molar-refractivity contribution is -0.130. The van der Waals surface area contributed by atoms with Gasteiger partial charge in [0.05, 0.1) is 7.11 Å². The molecule has 0 aliphatic carbocycles. The molecule has 0 radical (unpaired) electrons. The van der Waals surface area contributed by atoms with Crippen LogP contribution in [-0.4, -0.2) is 37.6 Å². The van der Waals surface area contributed by atoms with E-state index in [0.29, 0.717) is 19.5 Å². The minimum atomic E-state index is 0.198. The molecule has 1 aromatic carbocycles. The Labute approximate surface area is 129 Å².